The number of anilines is 2. The number of nitrogens with two attached hydrogens (primary N) is 1. The Kier molecular flexibility index (Phi) is 4.48. The highest BCUT2D eigenvalue weighted by Crippen LogP contribution is 2.20. The molecule has 1 aromatic heterocycles. The summed E-state index contributed by atoms with van der Waals surface area (Å²) in [6.45, 7) is 4.35. The molecular formula is C9H14BrN5O. The lowest BCUT2D eigenvalue weighted by Gasteiger charge is -2.13. The minimum atomic E-state index is -0.485. The van der Waals surface area contributed by atoms with Crippen molar-refractivity contribution in [3.8, 4) is 0 Å². The van der Waals surface area contributed by atoms with Gasteiger partial charge in [-0.25, -0.2) is 4.98 Å². The molecule has 0 saturated heterocycles. The van der Waals surface area contributed by atoms with Gasteiger partial charge in [-0.2, -0.15) is 4.98 Å². The number of hydrogen-bond acceptors (Lipinski definition) is 5. The fourth-order valence-electron chi connectivity index (χ4n) is 0.988. The van der Waals surface area contributed by atoms with Crippen LogP contribution in [0, 0.1) is 0 Å². The van der Waals surface area contributed by atoms with E-state index in [0.29, 0.717) is 16.2 Å². The quantitative estimate of drug-likeness (QED) is 0.750. The summed E-state index contributed by atoms with van der Waals surface area (Å²) in [4.78, 5) is 19.2. The second-order valence-electron chi connectivity index (χ2n) is 3.19. The minimum absolute atomic E-state index is 0.435. The van der Waals surface area contributed by atoms with Crippen LogP contribution >= 0.6 is 15.9 Å². The van der Waals surface area contributed by atoms with Crippen LogP contribution in [0.15, 0.2) is 10.7 Å². The highest BCUT2D eigenvalue weighted by Gasteiger charge is 2.12. The summed E-state index contributed by atoms with van der Waals surface area (Å²) in [6.07, 6.45) is 1.61. The van der Waals surface area contributed by atoms with Crippen LogP contribution in [0.5, 0.6) is 0 Å². The van der Waals surface area contributed by atoms with Gasteiger partial charge in [0.15, 0.2) is 0 Å². The normalized spacial score (nSPS) is 11.9. The maximum Gasteiger partial charge on any atom is 0.239 e. The molecule has 1 heterocycles. The smallest absolute Gasteiger partial charge is 0.239 e. The number of rotatable bonds is 5. The van der Waals surface area contributed by atoms with Crippen molar-refractivity contribution in [2.24, 2.45) is 5.73 Å². The number of carbonyl (C=O) groups is 1. The Hall–Kier alpha value is -1.37. The molecule has 0 radical (unpaired) electrons. The van der Waals surface area contributed by atoms with Crippen LogP contribution in [-0.2, 0) is 4.79 Å². The molecular weight excluding hydrogens is 274 g/mol. The first-order chi connectivity index (χ1) is 7.54. The second-order valence-corrected chi connectivity index (χ2v) is 4.04. The summed E-state index contributed by atoms with van der Waals surface area (Å²) < 4.78 is 0.683. The molecule has 88 valence electrons. The summed E-state index contributed by atoms with van der Waals surface area (Å²) in [5.41, 5.74) is 5.15. The fourth-order valence-corrected chi connectivity index (χ4v) is 1.29. The van der Waals surface area contributed by atoms with Crippen molar-refractivity contribution in [3.63, 3.8) is 0 Å². The standard InChI is InChI=1S/C9H14BrN5O/c1-3-12-9-13-4-6(10)8(15-9)14-5(2)7(11)16/h4-5H,3H2,1-2H3,(H2,11,16)(H2,12,13,14,15). The summed E-state index contributed by atoms with van der Waals surface area (Å²) in [5.74, 6) is 0.609. The van der Waals surface area contributed by atoms with E-state index < -0.39 is 11.9 Å². The van der Waals surface area contributed by atoms with Crippen LogP contribution < -0.4 is 16.4 Å². The van der Waals surface area contributed by atoms with E-state index in [1.807, 2.05) is 6.92 Å². The molecule has 0 fully saturated rings. The molecule has 16 heavy (non-hydrogen) atoms. The van der Waals surface area contributed by atoms with Gasteiger partial charge in [-0.15, -0.1) is 0 Å². The molecule has 1 amide bonds. The highest BCUT2D eigenvalue weighted by atomic mass is 79.9. The maximum atomic E-state index is 10.9. The predicted octanol–water partition coefficient (Wildman–Crippen LogP) is 0.957. The third-order valence-corrected chi connectivity index (χ3v) is 2.44. The molecule has 6 nitrogen and oxygen atoms in total. The Balaban J connectivity index is 2.85. The van der Waals surface area contributed by atoms with Gasteiger partial charge in [-0.05, 0) is 29.8 Å². The zero-order chi connectivity index (χ0) is 12.1. The summed E-state index contributed by atoms with van der Waals surface area (Å²) in [5, 5.41) is 5.87. The third-order valence-electron chi connectivity index (χ3n) is 1.86. The first-order valence-corrected chi connectivity index (χ1v) is 5.66. The van der Waals surface area contributed by atoms with Gasteiger partial charge in [-0.3, -0.25) is 4.79 Å². The van der Waals surface area contributed by atoms with Crippen LogP contribution in [-0.4, -0.2) is 28.5 Å². The number of aromatic nitrogens is 2. The number of nitrogens with one attached hydrogen (secondary N) is 2. The zero-order valence-electron chi connectivity index (χ0n) is 9.12. The van der Waals surface area contributed by atoms with Gasteiger partial charge in [0, 0.05) is 12.7 Å². The first kappa shape index (κ1) is 12.7. The minimum Gasteiger partial charge on any atom is -0.368 e. The van der Waals surface area contributed by atoms with Crippen molar-refractivity contribution in [2.45, 2.75) is 19.9 Å². The average Bonchev–Trinajstić information content (AvgIpc) is 2.23. The SMILES string of the molecule is CCNc1ncc(Br)c(NC(C)C(N)=O)n1. The van der Waals surface area contributed by atoms with Crippen molar-refractivity contribution >= 4 is 33.6 Å². The number of nitrogens with zero attached hydrogens (tertiary/aromatic N) is 2. The van der Waals surface area contributed by atoms with Crippen molar-refractivity contribution in [2.75, 3.05) is 17.2 Å². The van der Waals surface area contributed by atoms with E-state index in [1.165, 1.54) is 0 Å². The van der Waals surface area contributed by atoms with E-state index >= 15 is 0 Å². The van der Waals surface area contributed by atoms with E-state index in [1.54, 1.807) is 13.1 Å². The lowest BCUT2D eigenvalue weighted by atomic mass is 10.3. The van der Waals surface area contributed by atoms with E-state index in [-0.39, 0.29) is 0 Å². The second kappa shape index (κ2) is 5.64. The molecule has 0 saturated carbocycles. The van der Waals surface area contributed by atoms with Gasteiger partial charge in [0.2, 0.25) is 11.9 Å². The van der Waals surface area contributed by atoms with Crippen LogP contribution in [0.4, 0.5) is 11.8 Å². The molecule has 1 rings (SSSR count). The Morgan fingerprint density at radius 2 is 2.38 bits per heavy atom. The van der Waals surface area contributed by atoms with Gasteiger partial charge in [0.1, 0.15) is 11.9 Å². The van der Waals surface area contributed by atoms with Crippen LogP contribution in [0.25, 0.3) is 0 Å². The van der Waals surface area contributed by atoms with E-state index in [9.17, 15) is 4.79 Å². The maximum absolute atomic E-state index is 10.9. The average molecular weight is 288 g/mol. The van der Waals surface area contributed by atoms with Gasteiger partial charge >= 0.3 is 0 Å². The predicted molar refractivity (Wildman–Crippen MR) is 66.2 cm³/mol. The van der Waals surface area contributed by atoms with Gasteiger partial charge in [0.25, 0.3) is 0 Å². The Bertz CT molecular complexity index is 384. The Morgan fingerprint density at radius 1 is 1.69 bits per heavy atom. The molecule has 0 aliphatic rings. The van der Waals surface area contributed by atoms with E-state index in [0.717, 1.165) is 6.54 Å². The number of carbonyl (C=O) groups excluding carboxylic acids is 1. The van der Waals surface area contributed by atoms with Gasteiger partial charge in [0.05, 0.1) is 4.47 Å². The number of amides is 1. The van der Waals surface area contributed by atoms with Gasteiger partial charge < -0.3 is 16.4 Å². The largest absolute Gasteiger partial charge is 0.368 e. The number of hydrogen-bond donors (Lipinski definition) is 3. The topological polar surface area (TPSA) is 92.9 Å². The Morgan fingerprint density at radius 3 is 2.94 bits per heavy atom. The number of halogens is 1. The fraction of sp³-hybridized carbons (Fsp3) is 0.444. The van der Waals surface area contributed by atoms with Crippen molar-refractivity contribution in [1.29, 1.82) is 0 Å². The van der Waals surface area contributed by atoms with E-state index in [2.05, 4.69) is 36.5 Å². The molecule has 0 aromatic carbocycles. The highest BCUT2D eigenvalue weighted by molar-refractivity contribution is 9.10. The Labute approximate surface area is 102 Å². The molecule has 0 aliphatic carbocycles. The molecule has 1 unspecified atom stereocenters. The van der Waals surface area contributed by atoms with E-state index in [4.69, 9.17) is 5.73 Å². The van der Waals surface area contributed by atoms with Crippen molar-refractivity contribution in [1.82, 2.24) is 9.97 Å². The summed E-state index contributed by atoms with van der Waals surface area (Å²) in [7, 11) is 0. The van der Waals surface area contributed by atoms with Crippen LogP contribution in [0.2, 0.25) is 0 Å². The summed E-state index contributed by atoms with van der Waals surface area (Å²) in [6, 6.07) is -0.485. The molecule has 1 aromatic rings. The van der Waals surface area contributed by atoms with Crippen molar-refractivity contribution in [3.05, 3.63) is 10.7 Å². The zero-order valence-corrected chi connectivity index (χ0v) is 10.7. The van der Waals surface area contributed by atoms with Crippen molar-refractivity contribution < 1.29 is 4.79 Å². The molecule has 4 N–H and O–H groups in total. The lowest BCUT2D eigenvalue weighted by Crippen LogP contribution is -2.33. The van der Waals surface area contributed by atoms with Crippen LogP contribution in [0.1, 0.15) is 13.8 Å². The molecule has 0 bridgehead atoms. The van der Waals surface area contributed by atoms with Gasteiger partial charge in [-0.1, -0.05) is 0 Å². The molecule has 0 spiro atoms. The monoisotopic (exact) mass is 287 g/mol. The third kappa shape index (κ3) is 3.34. The number of primary amides is 1. The lowest BCUT2D eigenvalue weighted by molar-refractivity contribution is -0.118. The summed E-state index contributed by atoms with van der Waals surface area (Å²) >= 11 is 3.29. The molecule has 1 atom stereocenters. The molecule has 7 heteroatoms. The molecule has 0 aliphatic heterocycles. The first-order valence-electron chi connectivity index (χ1n) is 4.86. The van der Waals surface area contributed by atoms with Crippen LogP contribution in [0.3, 0.4) is 0 Å².